The zero-order valence-corrected chi connectivity index (χ0v) is 16.9. The van der Waals surface area contributed by atoms with Gasteiger partial charge in [0.1, 0.15) is 17.0 Å². The second-order valence-corrected chi connectivity index (χ2v) is 7.73. The van der Waals surface area contributed by atoms with E-state index in [2.05, 4.69) is 10.4 Å². The van der Waals surface area contributed by atoms with E-state index in [1.807, 2.05) is 20.8 Å². The normalized spacial score (nSPS) is 13.7. The number of anilines is 1. The maximum Gasteiger partial charge on any atom is 0.410 e. The molecule has 0 radical (unpaired) electrons. The van der Waals surface area contributed by atoms with Crippen molar-refractivity contribution in [3.63, 3.8) is 0 Å². The van der Waals surface area contributed by atoms with E-state index >= 15 is 0 Å². The second-order valence-electron chi connectivity index (χ2n) is 7.73. The molecule has 8 nitrogen and oxygen atoms in total. The van der Waals surface area contributed by atoms with Gasteiger partial charge in [-0.05, 0) is 45.0 Å². The molecule has 1 N–H and O–H groups in total. The molecule has 0 aliphatic carbocycles. The number of carbonyl (C=O) groups excluding carboxylic acids is 2. The first-order valence-corrected chi connectivity index (χ1v) is 9.16. The van der Waals surface area contributed by atoms with E-state index in [0.29, 0.717) is 36.6 Å². The lowest BCUT2D eigenvalue weighted by molar-refractivity contribution is 0.0222. The largest absolute Gasteiger partial charge is 0.497 e. The summed E-state index contributed by atoms with van der Waals surface area (Å²) >= 11 is 0. The smallest absolute Gasteiger partial charge is 0.410 e. The van der Waals surface area contributed by atoms with Crippen molar-refractivity contribution in [2.45, 2.75) is 39.3 Å². The van der Waals surface area contributed by atoms with Crippen molar-refractivity contribution >= 4 is 17.7 Å². The minimum absolute atomic E-state index is 0.271. The summed E-state index contributed by atoms with van der Waals surface area (Å²) in [4.78, 5) is 26.9. The molecule has 2 aromatic rings. The molecule has 1 aromatic heterocycles. The highest BCUT2D eigenvalue weighted by Crippen LogP contribution is 2.25. The van der Waals surface area contributed by atoms with Crippen LogP contribution in [0.2, 0.25) is 0 Å². The summed E-state index contributed by atoms with van der Waals surface area (Å²) in [6, 6.07) is 7.09. The molecule has 3 rings (SSSR count). The van der Waals surface area contributed by atoms with Crippen LogP contribution < -0.4 is 10.1 Å². The van der Waals surface area contributed by atoms with Crippen molar-refractivity contribution in [1.29, 1.82) is 0 Å². The molecule has 0 spiro atoms. The molecule has 28 heavy (non-hydrogen) atoms. The van der Waals surface area contributed by atoms with E-state index < -0.39 is 5.60 Å². The van der Waals surface area contributed by atoms with Crippen LogP contribution >= 0.6 is 0 Å². The third-order valence-corrected chi connectivity index (χ3v) is 4.41. The van der Waals surface area contributed by atoms with Gasteiger partial charge in [0, 0.05) is 31.3 Å². The SMILES string of the molecule is COc1ccc(NC(=O)c2c3c(nn2C)CCN(C(=O)OC(C)(C)C)C3)cc1. The minimum atomic E-state index is -0.569. The van der Waals surface area contributed by atoms with Crippen molar-refractivity contribution in [3.8, 4) is 5.75 Å². The van der Waals surface area contributed by atoms with Crippen LogP contribution in [-0.4, -0.2) is 45.9 Å². The maximum atomic E-state index is 12.9. The first kappa shape index (κ1) is 19.7. The van der Waals surface area contributed by atoms with Crippen LogP contribution in [0.3, 0.4) is 0 Å². The van der Waals surface area contributed by atoms with Crippen molar-refractivity contribution < 1.29 is 19.1 Å². The van der Waals surface area contributed by atoms with Gasteiger partial charge in [-0.3, -0.25) is 9.48 Å². The van der Waals surface area contributed by atoms with Crippen molar-refractivity contribution in [3.05, 3.63) is 41.2 Å². The van der Waals surface area contributed by atoms with Gasteiger partial charge in [-0.2, -0.15) is 5.10 Å². The van der Waals surface area contributed by atoms with E-state index in [4.69, 9.17) is 9.47 Å². The number of nitrogens with zero attached hydrogens (tertiary/aromatic N) is 3. The van der Waals surface area contributed by atoms with E-state index in [-0.39, 0.29) is 12.0 Å². The molecule has 1 aromatic carbocycles. The average molecular weight is 386 g/mol. The summed E-state index contributed by atoms with van der Waals surface area (Å²) in [6.45, 7) is 6.30. The standard InChI is InChI=1S/C20H26N4O4/c1-20(2,3)28-19(26)24-11-10-16-15(12-24)17(23(4)22-16)18(25)21-13-6-8-14(27-5)9-7-13/h6-9H,10-12H2,1-5H3,(H,21,25). The fraction of sp³-hybridized carbons (Fsp3) is 0.450. The van der Waals surface area contributed by atoms with Gasteiger partial charge >= 0.3 is 6.09 Å². The number of carbonyl (C=O) groups is 2. The number of nitrogens with one attached hydrogen (secondary N) is 1. The van der Waals surface area contributed by atoms with Gasteiger partial charge in [0.2, 0.25) is 0 Å². The fourth-order valence-corrected chi connectivity index (χ4v) is 3.13. The number of hydrogen-bond donors (Lipinski definition) is 1. The molecule has 2 amide bonds. The molecule has 8 heteroatoms. The lowest BCUT2D eigenvalue weighted by atomic mass is 10.1. The van der Waals surface area contributed by atoms with Gasteiger partial charge in [-0.15, -0.1) is 0 Å². The van der Waals surface area contributed by atoms with Crippen LogP contribution in [0.15, 0.2) is 24.3 Å². The molecular weight excluding hydrogens is 360 g/mol. The minimum Gasteiger partial charge on any atom is -0.497 e. The molecule has 1 aliphatic rings. The number of amides is 2. The summed E-state index contributed by atoms with van der Waals surface area (Å²) in [6.07, 6.45) is 0.196. The van der Waals surface area contributed by atoms with Gasteiger partial charge in [-0.25, -0.2) is 4.79 Å². The van der Waals surface area contributed by atoms with Crippen LogP contribution in [0.4, 0.5) is 10.5 Å². The van der Waals surface area contributed by atoms with Crippen molar-refractivity contribution in [1.82, 2.24) is 14.7 Å². The number of methoxy groups -OCH3 is 1. The van der Waals surface area contributed by atoms with Crippen LogP contribution in [0.25, 0.3) is 0 Å². The van der Waals surface area contributed by atoms with E-state index in [1.165, 1.54) is 0 Å². The number of hydrogen-bond acceptors (Lipinski definition) is 5. The van der Waals surface area contributed by atoms with E-state index in [1.54, 1.807) is 48.0 Å². The van der Waals surface area contributed by atoms with Crippen LogP contribution in [0.5, 0.6) is 5.75 Å². The third kappa shape index (κ3) is 4.27. The number of aromatic nitrogens is 2. The van der Waals surface area contributed by atoms with Gasteiger partial charge in [0.15, 0.2) is 0 Å². The van der Waals surface area contributed by atoms with Gasteiger partial charge in [0.25, 0.3) is 5.91 Å². The lowest BCUT2D eigenvalue weighted by Gasteiger charge is -2.29. The number of rotatable bonds is 3. The van der Waals surface area contributed by atoms with E-state index in [0.717, 1.165) is 11.3 Å². The lowest BCUT2D eigenvalue weighted by Crippen LogP contribution is -2.40. The first-order valence-electron chi connectivity index (χ1n) is 9.16. The molecule has 0 atom stereocenters. The zero-order valence-electron chi connectivity index (χ0n) is 16.9. The number of aryl methyl sites for hydroxylation is 1. The molecule has 0 unspecified atom stereocenters. The molecule has 0 saturated heterocycles. The highest BCUT2D eigenvalue weighted by molar-refractivity contribution is 6.04. The Hall–Kier alpha value is -3.03. The third-order valence-electron chi connectivity index (χ3n) is 4.41. The van der Waals surface area contributed by atoms with Crippen LogP contribution in [-0.2, 0) is 24.8 Å². The Kier molecular flexibility index (Phi) is 5.31. The highest BCUT2D eigenvalue weighted by Gasteiger charge is 2.31. The maximum absolute atomic E-state index is 12.9. The summed E-state index contributed by atoms with van der Waals surface area (Å²) in [5.41, 5.74) is 2.12. The summed E-state index contributed by atoms with van der Waals surface area (Å²) < 4.78 is 12.2. The predicted molar refractivity (Wildman–Crippen MR) is 105 cm³/mol. The van der Waals surface area contributed by atoms with Crippen LogP contribution in [0, 0.1) is 0 Å². The topological polar surface area (TPSA) is 85.7 Å². The van der Waals surface area contributed by atoms with Crippen molar-refractivity contribution in [2.75, 3.05) is 19.0 Å². The number of fused-ring (bicyclic) bond motifs is 1. The molecule has 1 aliphatic heterocycles. The quantitative estimate of drug-likeness (QED) is 0.876. The highest BCUT2D eigenvalue weighted by atomic mass is 16.6. The van der Waals surface area contributed by atoms with Gasteiger partial charge in [0.05, 0.1) is 19.3 Å². The number of benzene rings is 1. The second kappa shape index (κ2) is 7.53. The Balaban J connectivity index is 1.79. The Morgan fingerprint density at radius 1 is 1.18 bits per heavy atom. The average Bonchev–Trinajstić information content (AvgIpc) is 2.95. The number of ether oxygens (including phenoxy) is 2. The monoisotopic (exact) mass is 386 g/mol. The van der Waals surface area contributed by atoms with Gasteiger partial charge in [-0.1, -0.05) is 0 Å². The summed E-state index contributed by atoms with van der Waals surface area (Å²) in [5, 5.41) is 7.35. The predicted octanol–water partition coefficient (Wildman–Crippen LogP) is 2.97. The molecule has 0 bridgehead atoms. The Bertz CT molecular complexity index is 881. The Labute approximate surface area is 164 Å². The molecule has 150 valence electrons. The molecule has 0 saturated carbocycles. The van der Waals surface area contributed by atoms with Crippen molar-refractivity contribution in [2.24, 2.45) is 7.05 Å². The molecule has 2 heterocycles. The van der Waals surface area contributed by atoms with Crippen LogP contribution in [0.1, 0.15) is 42.5 Å². The summed E-state index contributed by atoms with van der Waals surface area (Å²) in [7, 11) is 3.32. The van der Waals surface area contributed by atoms with E-state index in [9.17, 15) is 9.59 Å². The summed E-state index contributed by atoms with van der Waals surface area (Å²) in [5.74, 6) is 0.441. The Morgan fingerprint density at radius 2 is 1.86 bits per heavy atom. The van der Waals surface area contributed by atoms with Gasteiger partial charge < -0.3 is 19.7 Å². The first-order chi connectivity index (χ1) is 13.2. The Morgan fingerprint density at radius 3 is 2.46 bits per heavy atom. The molecular formula is C20H26N4O4. The fourth-order valence-electron chi connectivity index (χ4n) is 3.13. The zero-order chi connectivity index (χ0) is 20.5. The molecule has 0 fully saturated rings.